The molecule has 0 radical (unpaired) electrons. The molecular formula is C24H28N2O4. The normalized spacial score (nSPS) is 22.7. The fraction of sp³-hybridized carbons (Fsp3) is 0.417. The van der Waals surface area contributed by atoms with Crippen LogP contribution in [-0.2, 0) is 14.9 Å². The van der Waals surface area contributed by atoms with Gasteiger partial charge in [-0.15, -0.1) is 0 Å². The van der Waals surface area contributed by atoms with E-state index in [1.54, 1.807) is 0 Å². The van der Waals surface area contributed by atoms with Crippen molar-refractivity contribution in [2.45, 2.75) is 25.2 Å². The summed E-state index contributed by atoms with van der Waals surface area (Å²) in [6, 6.07) is 18.0. The van der Waals surface area contributed by atoms with E-state index in [9.17, 15) is 9.59 Å². The number of para-hydroxylation sites is 1. The summed E-state index contributed by atoms with van der Waals surface area (Å²) in [5.74, 6) is 2.03. The molecule has 1 saturated heterocycles. The van der Waals surface area contributed by atoms with Crippen molar-refractivity contribution >= 4 is 12.0 Å². The van der Waals surface area contributed by atoms with E-state index in [0.717, 1.165) is 31.0 Å². The lowest BCUT2D eigenvalue weighted by molar-refractivity contribution is -0.135. The number of carbonyl (C=O) groups is 2. The van der Waals surface area contributed by atoms with E-state index in [2.05, 4.69) is 22.2 Å². The Kier molecular flexibility index (Phi) is 5.66. The highest BCUT2D eigenvalue weighted by atomic mass is 16.5. The van der Waals surface area contributed by atoms with Crippen LogP contribution in [0.1, 0.15) is 25.3 Å². The smallest absolute Gasteiger partial charge is 0.406 e. The number of hydrogen-bond donors (Lipinski definition) is 1. The quantitative estimate of drug-likeness (QED) is 0.753. The maximum absolute atomic E-state index is 13.0. The predicted molar refractivity (Wildman–Crippen MR) is 114 cm³/mol. The van der Waals surface area contributed by atoms with E-state index in [-0.39, 0.29) is 17.2 Å². The maximum Gasteiger partial charge on any atom is 0.406 e. The van der Waals surface area contributed by atoms with Crippen LogP contribution in [0.25, 0.3) is 0 Å². The van der Waals surface area contributed by atoms with Gasteiger partial charge in [-0.05, 0) is 48.6 Å². The third-order valence-electron chi connectivity index (χ3n) is 6.39. The molecule has 3 unspecified atom stereocenters. The maximum atomic E-state index is 13.0. The summed E-state index contributed by atoms with van der Waals surface area (Å²) in [6.07, 6.45) is 1.30. The Balaban J connectivity index is 1.38. The van der Waals surface area contributed by atoms with Gasteiger partial charge in [0.25, 0.3) is 0 Å². The molecule has 0 aromatic heterocycles. The minimum atomic E-state index is -0.500. The third kappa shape index (κ3) is 3.99. The van der Waals surface area contributed by atoms with E-state index in [4.69, 9.17) is 4.74 Å². The molecule has 1 N–H and O–H groups in total. The minimum absolute atomic E-state index is 0.0645. The number of nitrogens with zero attached hydrogens (tertiary/aromatic N) is 1. The van der Waals surface area contributed by atoms with Gasteiger partial charge in [-0.2, -0.15) is 0 Å². The predicted octanol–water partition coefficient (Wildman–Crippen LogP) is 3.96. The molecule has 158 valence electrons. The fourth-order valence-electron chi connectivity index (χ4n) is 4.52. The molecule has 6 nitrogen and oxygen atoms in total. The molecule has 3 atom stereocenters. The second-order valence-corrected chi connectivity index (χ2v) is 8.19. The molecule has 1 heterocycles. The zero-order chi connectivity index (χ0) is 21.1. The van der Waals surface area contributed by atoms with Crippen molar-refractivity contribution in [2.24, 2.45) is 11.8 Å². The summed E-state index contributed by atoms with van der Waals surface area (Å²) >= 11 is 0. The second-order valence-electron chi connectivity index (χ2n) is 8.19. The van der Waals surface area contributed by atoms with Gasteiger partial charge in [-0.1, -0.05) is 37.3 Å². The van der Waals surface area contributed by atoms with Crippen LogP contribution < -0.4 is 10.1 Å². The van der Waals surface area contributed by atoms with Crippen LogP contribution in [0.3, 0.4) is 0 Å². The first-order valence-electron chi connectivity index (χ1n) is 10.5. The Morgan fingerprint density at radius 1 is 1.13 bits per heavy atom. The van der Waals surface area contributed by atoms with Gasteiger partial charge in [0.15, 0.2) is 0 Å². The Morgan fingerprint density at radius 3 is 2.50 bits per heavy atom. The van der Waals surface area contributed by atoms with E-state index < -0.39 is 6.09 Å². The molecule has 2 aromatic rings. The van der Waals surface area contributed by atoms with Gasteiger partial charge in [0, 0.05) is 25.0 Å². The number of hydrogen-bond acceptors (Lipinski definition) is 4. The number of methoxy groups -OCH3 is 1. The molecule has 2 amide bonds. The van der Waals surface area contributed by atoms with Crippen LogP contribution >= 0.6 is 0 Å². The van der Waals surface area contributed by atoms with Crippen LogP contribution in [0.4, 0.5) is 4.79 Å². The summed E-state index contributed by atoms with van der Waals surface area (Å²) in [7, 11) is 1.33. The molecule has 4 rings (SSSR count). The number of ether oxygens (including phenoxy) is 2. The fourth-order valence-corrected chi connectivity index (χ4v) is 4.52. The third-order valence-corrected chi connectivity index (χ3v) is 6.39. The summed E-state index contributed by atoms with van der Waals surface area (Å²) in [5.41, 5.74) is 1.33. The Labute approximate surface area is 177 Å². The van der Waals surface area contributed by atoms with Gasteiger partial charge in [0.2, 0.25) is 5.91 Å². The Bertz CT molecular complexity index is 899. The molecule has 30 heavy (non-hydrogen) atoms. The second kappa shape index (κ2) is 8.38. The molecule has 0 bridgehead atoms. The highest BCUT2D eigenvalue weighted by Crippen LogP contribution is 2.59. The molecule has 2 aromatic carbocycles. The monoisotopic (exact) mass is 408 g/mol. The SMILES string of the molecule is CCC(CNC(=O)OC)C(=O)N1CC2CC2(c2ccc(Oc3ccccc3)cc2)C1. The van der Waals surface area contributed by atoms with Gasteiger partial charge >= 0.3 is 6.09 Å². The summed E-state index contributed by atoms with van der Waals surface area (Å²) in [5, 5.41) is 2.65. The molecule has 6 heteroatoms. The average Bonchev–Trinajstić information content (AvgIpc) is 3.35. The first-order valence-corrected chi connectivity index (χ1v) is 10.5. The van der Waals surface area contributed by atoms with Gasteiger partial charge in [0.1, 0.15) is 11.5 Å². The molecule has 2 aliphatic rings. The number of alkyl carbamates (subject to hydrolysis) is 1. The van der Waals surface area contributed by atoms with Crippen molar-refractivity contribution in [1.29, 1.82) is 0 Å². The van der Waals surface area contributed by atoms with Crippen molar-refractivity contribution in [3.8, 4) is 11.5 Å². The number of rotatable bonds is 7. The first kappa shape index (κ1) is 20.3. The number of nitrogens with one attached hydrogen (secondary N) is 1. The highest BCUT2D eigenvalue weighted by molar-refractivity contribution is 5.80. The molecule has 1 aliphatic carbocycles. The van der Waals surface area contributed by atoms with E-state index in [1.165, 1.54) is 12.7 Å². The van der Waals surface area contributed by atoms with Crippen molar-refractivity contribution in [1.82, 2.24) is 10.2 Å². The number of amides is 2. The lowest BCUT2D eigenvalue weighted by Crippen LogP contribution is -2.42. The molecule has 0 spiro atoms. The van der Waals surface area contributed by atoms with Gasteiger partial charge in [-0.25, -0.2) is 4.79 Å². The topological polar surface area (TPSA) is 67.9 Å². The average molecular weight is 408 g/mol. The molecule has 2 fully saturated rings. The van der Waals surface area contributed by atoms with Gasteiger partial charge in [-0.3, -0.25) is 4.79 Å². The zero-order valence-electron chi connectivity index (χ0n) is 17.5. The highest BCUT2D eigenvalue weighted by Gasteiger charge is 2.61. The summed E-state index contributed by atoms with van der Waals surface area (Å²) < 4.78 is 10.5. The van der Waals surface area contributed by atoms with Crippen molar-refractivity contribution in [2.75, 3.05) is 26.7 Å². The minimum Gasteiger partial charge on any atom is -0.457 e. The van der Waals surface area contributed by atoms with E-state index in [1.807, 2.05) is 54.3 Å². The first-order chi connectivity index (χ1) is 14.6. The lowest BCUT2D eigenvalue weighted by atomic mass is 9.94. The Hall–Kier alpha value is -3.02. The number of fused-ring (bicyclic) bond motifs is 1. The zero-order valence-corrected chi connectivity index (χ0v) is 17.5. The number of carbonyl (C=O) groups excluding carboxylic acids is 2. The van der Waals surface area contributed by atoms with E-state index >= 15 is 0 Å². The van der Waals surface area contributed by atoms with Crippen molar-refractivity contribution < 1.29 is 19.1 Å². The standard InChI is InChI=1S/C24H28N2O4/c1-3-17(14-25-23(28)29-2)22(27)26-15-19-13-24(19,16-26)18-9-11-21(12-10-18)30-20-7-5-4-6-8-20/h4-12,17,19H,3,13-16H2,1-2H3,(H,25,28). The Morgan fingerprint density at radius 2 is 1.83 bits per heavy atom. The lowest BCUT2D eigenvalue weighted by Gasteiger charge is -2.26. The summed E-state index contributed by atoms with van der Waals surface area (Å²) in [4.78, 5) is 26.3. The molecule has 1 saturated carbocycles. The number of piperidine rings is 1. The number of likely N-dealkylation sites (tertiary alicyclic amines) is 1. The molecule has 1 aliphatic heterocycles. The summed E-state index contributed by atoms with van der Waals surface area (Å²) in [6.45, 7) is 3.81. The van der Waals surface area contributed by atoms with Crippen LogP contribution in [0.2, 0.25) is 0 Å². The largest absolute Gasteiger partial charge is 0.457 e. The van der Waals surface area contributed by atoms with Crippen LogP contribution in [0, 0.1) is 11.8 Å². The van der Waals surface area contributed by atoms with Crippen molar-refractivity contribution in [3.63, 3.8) is 0 Å². The van der Waals surface area contributed by atoms with Crippen LogP contribution in [0.5, 0.6) is 11.5 Å². The van der Waals surface area contributed by atoms with Gasteiger partial charge in [0.05, 0.1) is 13.0 Å². The van der Waals surface area contributed by atoms with Gasteiger partial charge < -0.3 is 19.7 Å². The van der Waals surface area contributed by atoms with E-state index in [0.29, 0.717) is 18.9 Å². The van der Waals surface area contributed by atoms with Crippen LogP contribution in [0.15, 0.2) is 54.6 Å². The van der Waals surface area contributed by atoms with Crippen LogP contribution in [-0.4, -0.2) is 43.6 Å². The number of benzene rings is 2. The van der Waals surface area contributed by atoms with Crippen molar-refractivity contribution in [3.05, 3.63) is 60.2 Å². The molecular weight excluding hydrogens is 380 g/mol.